The smallest absolute Gasteiger partial charge is 0.00396 e. The van der Waals surface area contributed by atoms with Crippen LogP contribution in [0.5, 0.6) is 0 Å². The van der Waals surface area contributed by atoms with Crippen molar-refractivity contribution in [2.24, 2.45) is 5.92 Å². The van der Waals surface area contributed by atoms with Crippen molar-refractivity contribution < 1.29 is 0 Å². The predicted octanol–water partition coefficient (Wildman–Crippen LogP) is 3.90. The third-order valence-electron chi connectivity index (χ3n) is 3.42. The van der Waals surface area contributed by atoms with Gasteiger partial charge in [-0.15, -0.1) is 0 Å². The maximum Gasteiger partial charge on any atom is 0.00396 e. The van der Waals surface area contributed by atoms with Gasteiger partial charge < -0.3 is 5.32 Å². The average molecular weight is 203 g/mol. The zero-order chi connectivity index (χ0) is 10.3. The molecule has 1 N–H and O–H groups in total. The van der Waals surface area contributed by atoms with Gasteiger partial charge in [-0.05, 0) is 30.4 Å². The maximum absolute atomic E-state index is 3.23. The number of allylic oxidation sites excluding steroid dienone is 4. The molecule has 2 rings (SSSR count). The Morgan fingerprint density at radius 1 is 0.933 bits per heavy atom. The molecule has 0 amide bonds. The van der Waals surface area contributed by atoms with E-state index in [4.69, 9.17) is 0 Å². The lowest BCUT2D eigenvalue weighted by atomic mass is 9.86. The van der Waals surface area contributed by atoms with Crippen molar-refractivity contribution in [1.82, 2.24) is 5.32 Å². The van der Waals surface area contributed by atoms with Crippen molar-refractivity contribution >= 4 is 0 Å². The molecule has 0 aromatic carbocycles. The normalized spacial score (nSPS) is 23.6. The highest BCUT2D eigenvalue weighted by Gasteiger charge is 2.14. The molecule has 0 saturated heterocycles. The Hall–Kier alpha value is -0.980. The van der Waals surface area contributed by atoms with Gasteiger partial charge in [-0.2, -0.15) is 0 Å². The van der Waals surface area contributed by atoms with Crippen LogP contribution in [0.4, 0.5) is 0 Å². The first-order valence-electron chi connectivity index (χ1n) is 6.26. The highest BCUT2D eigenvalue weighted by molar-refractivity contribution is 5.27. The number of rotatable bonds is 1. The fourth-order valence-corrected chi connectivity index (χ4v) is 2.51. The van der Waals surface area contributed by atoms with Gasteiger partial charge in [-0.3, -0.25) is 0 Å². The molecule has 0 aromatic rings. The molecule has 0 spiro atoms. The van der Waals surface area contributed by atoms with Crippen LogP contribution in [0.15, 0.2) is 36.2 Å². The van der Waals surface area contributed by atoms with Gasteiger partial charge in [0.25, 0.3) is 0 Å². The lowest BCUT2D eigenvalue weighted by Gasteiger charge is -2.20. The fourth-order valence-electron chi connectivity index (χ4n) is 2.51. The molecule has 1 heterocycles. The largest absolute Gasteiger partial charge is 0.367 e. The standard InChI is InChI=1S/C14H21N/c1-2-4-8-13(9-5-3-1)14-10-6-7-11-15-12-14/h6-7,10-13,15H,1-5,8-9H2. The van der Waals surface area contributed by atoms with Gasteiger partial charge >= 0.3 is 0 Å². The third-order valence-corrected chi connectivity index (χ3v) is 3.42. The van der Waals surface area contributed by atoms with E-state index < -0.39 is 0 Å². The topological polar surface area (TPSA) is 12.0 Å². The molecule has 1 saturated carbocycles. The van der Waals surface area contributed by atoms with Crippen molar-refractivity contribution in [1.29, 1.82) is 0 Å². The SMILES string of the molecule is C1=CNC=C(C2CCCCCCC2)C=C1. The van der Waals surface area contributed by atoms with Crippen LogP contribution in [-0.4, -0.2) is 0 Å². The molecule has 0 unspecified atom stereocenters. The van der Waals surface area contributed by atoms with Gasteiger partial charge in [-0.1, -0.05) is 44.3 Å². The van der Waals surface area contributed by atoms with Crippen molar-refractivity contribution in [2.45, 2.75) is 44.9 Å². The minimum Gasteiger partial charge on any atom is -0.367 e. The molecule has 0 radical (unpaired) electrons. The Morgan fingerprint density at radius 2 is 1.67 bits per heavy atom. The highest BCUT2D eigenvalue weighted by atomic mass is 14.8. The zero-order valence-corrected chi connectivity index (χ0v) is 9.41. The summed E-state index contributed by atoms with van der Waals surface area (Å²) in [6, 6.07) is 0. The molecular formula is C14H21N. The molecule has 1 aliphatic heterocycles. The fraction of sp³-hybridized carbons (Fsp3) is 0.571. The summed E-state index contributed by atoms with van der Waals surface area (Å²) >= 11 is 0. The summed E-state index contributed by atoms with van der Waals surface area (Å²) in [6.45, 7) is 0. The van der Waals surface area contributed by atoms with Gasteiger partial charge in [0.2, 0.25) is 0 Å². The van der Waals surface area contributed by atoms with Crippen LogP contribution in [0.25, 0.3) is 0 Å². The van der Waals surface area contributed by atoms with Crippen molar-refractivity contribution in [2.75, 3.05) is 0 Å². The Bertz CT molecular complexity index is 265. The minimum absolute atomic E-state index is 0.786. The minimum atomic E-state index is 0.786. The van der Waals surface area contributed by atoms with Crippen LogP contribution >= 0.6 is 0 Å². The van der Waals surface area contributed by atoms with Gasteiger partial charge in [0.15, 0.2) is 0 Å². The molecule has 0 atom stereocenters. The summed E-state index contributed by atoms with van der Waals surface area (Å²) in [5.41, 5.74) is 1.49. The van der Waals surface area contributed by atoms with E-state index in [-0.39, 0.29) is 0 Å². The number of hydrogen-bond donors (Lipinski definition) is 1. The van der Waals surface area contributed by atoms with E-state index in [1.165, 1.54) is 50.5 Å². The van der Waals surface area contributed by atoms with Crippen LogP contribution in [0.2, 0.25) is 0 Å². The van der Waals surface area contributed by atoms with E-state index in [2.05, 4.69) is 29.7 Å². The monoisotopic (exact) mass is 203 g/mol. The van der Waals surface area contributed by atoms with Crippen molar-refractivity contribution in [3.8, 4) is 0 Å². The molecular weight excluding hydrogens is 182 g/mol. The first-order chi connectivity index (χ1) is 7.47. The van der Waals surface area contributed by atoms with Crippen LogP contribution in [0.1, 0.15) is 44.9 Å². The van der Waals surface area contributed by atoms with Gasteiger partial charge in [-0.25, -0.2) is 0 Å². The summed E-state index contributed by atoms with van der Waals surface area (Å²) in [7, 11) is 0. The van der Waals surface area contributed by atoms with Crippen LogP contribution in [0.3, 0.4) is 0 Å². The Morgan fingerprint density at radius 3 is 2.47 bits per heavy atom. The molecule has 1 aliphatic carbocycles. The van der Waals surface area contributed by atoms with Crippen molar-refractivity contribution in [3.63, 3.8) is 0 Å². The third kappa shape index (κ3) is 3.26. The van der Waals surface area contributed by atoms with E-state index in [0.29, 0.717) is 0 Å². The quantitative estimate of drug-likeness (QED) is 0.681. The lowest BCUT2D eigenvalue weighted by molar-refractivity contribution is 0.424. The van der Waals surface area contributed by atoms with Crippen LogP contribution < -0.4 is 5.32 Å². The second-order valence-corrected chi connectivity index (χ2v) is 4.57. The molecule has 1 heteroatoms. The summed E-state index contributed by atoms with van der Waals surface area (Å²) in [5, 5.41) is 3.23. The second-order valence-electron chi connectivity index (χ2n) is 4.57. The molecule has 2 aliphatic rings. The summed E-state index contributed by atoms with van der Waals surface area (Å²) in [4.78, 5) is 0. The number of hydrogen-bond acceptors (Lipinski definition) is 1. The molecule has 0 bridgehead atoms. The molecule has 15 heavy (non-hydrogen) atoms. The molecule has 1 fully saturated rings. The molecule has 82 valence electrons. The first-order valence-corrected chi connectivity index (χ1v) is 6.26. The molecule has 1 nitrogen and oxygen atoms in total. The second kappa shape index (κ2) is 5.79. The van der Waals surface area contributed by atoms with Gasteiger partial charge in [0, 0.05) is 12.4 Å². The summed E-state index contributed by atoms with van der Waals surface area (Å²) in [6.07, 6.45) is 20.5. The van der Waals surface area contributed by atoms with E-state index in [9.17, 15) is 0 Å². The lowest BCUT2D eigenvalue weighted by Crippen LogP contribution is -2.07. The summed E-state index contributed by atoms with van der Waals surface area (Å²) < 4.78 is 0. The highest BCUT2D eigenvalue weighted by Crippen LogP contribution is 2.28. The van der Waals surface area contributed by atoms with E-state index >= 15 is 0 Å². The van der Waals surface area contributed by atoms with Gasteiger partial charge in [0.1, 0.15) is 0 Å². The predicted molar refractivity (Wildman–Crippen MR) is 65.3 cm³/mol. The van der Waals surface area contributed by atoms with E-state index in [1.807, 2.05) is 6.20 Å². The van der Waals surface area contributed by atoms with Crippen LogP contribution in [-0.2, 0) is 0 Å². The first kappa shape index (κ1) is 10.5. The zero-order valence-electron chi connectivity index (χ0n) is 9.41. The average Bonchev–Trinajstić information content (AvgIpc) is 2.45. The maximum atomic E-state index is 3.23. The summed E-state index contributed by atoms with van der Waals surface area (Å²) in [5.74, 6) is 0.786. The molecule has 0 aromatic heterocycles. The Kier molecular flexibility index (Phi) is 4.07. The Labute approximate surface area is 93.0 Å². The van der Waals surface area contributed by atoms with E-state index in [0.717, 1.165) is 5.92 Å². The Balaban J connectivity index is 1.97. The van der Waals surface area contributed by atoms with Crippen molar-refractivity contribution in [3.05, 3.63) is 36.2 Å². The van der Waals surface area contributed by atoms with E-state index in [1.54, 1.807) is 0 Å². The van der Waals surface area contributed by atoms with Crippen LogP contribution in [0, 0.1) is 5.92 Å². The van der Waals surface area contributed by atoms with Gasteiger partial charge in [0.05, 0.1) is 0 Å². The number of nitrogens with one attached hydrogen (secondary N) is 1.